The Kier molecular flexibility index (Phi) is 3.83. The number of amides is 1. The second kappa shape index (κ2) is 5.36. The minimum atomic E-state index is -3.38. The Hall–Kier alpha value is -1.60. The van der Waals surface area contributed by atoms with Crippen LogP contribution in [0.3, 0.4) is 0 Å². The molecular weight excluding hydrogens is 256 g/mol. The van der Waals surface area contributed by atoms with E-state index in [2.05, 4.69) is 4.72 Å². The summed E-state index contributed by atoms with van der Waals surface area (Å²) in [5, 5.41) is 0. The van der Waals surface area contributed by atoms with Crippen LogP contribution in [-0.4, -0.2) is 38.4 Å². The van der Waals surface area contributed by atoms with E-state index < -0.39 is 16.1 Å². The molecule has 1 aliphatic rings. The van der Waals surface area contributed by atoms with Crippen LogP contribution in [0.4, 0.5) is 4.79 Å². The summed E-state index contributed by atoms with van der Waals surface area (Å²) in [6, 6.07) is 9.23. The maximum atomic E-state index is 11.7. The Labute approximate surface area is 106 Å². The number of nitrogens with one attached hydrogen (secondary N) is 1. The molecule has 0 aromatic heterocycles. The summed E-state index contributed by atoms with van der Waals surface area (Å²) in [5.74, 6) is -0.347. The van der Waals surface area contributed by atoms with Gasteiger partial charge in [-0.05, 0) is 5.56 Å². The van der Waals surface area contributed by atoms with Gasteiger partial charge in [0.25, 0.3) is 0 Å². The van der Waals surface area contributed by atoms with Crippen LogP contribution in [0.1, 0.15) is 5.56 Å². The van der Waals surface area contributed by atoms with Gasteiger partial charge in [0.15, 0.2) is 0 Å². The van der Waals surface area contributed by atoms with Crippen molar-refractivity contribution in [1.82, 2.24) is 9.62 Å². The number of hydrogen-bond donors (Lipinski definition) is 1. The van der Waals surface area contributed by atoms with Gasteiger partial charge in [-0.3, -0.25) is 4.90 Å². The molecule has 18 heavy (non-hydrogen) atoms. The molecule has 98 valence electrons. The average molecular weight is 270 g/mol. The second-order valence-electron chi connectivity index (χ2n) is 3.94. The number of nitrogens with zero attached hydrogens (tertiary/aromatic N) is 1. The van der Waals surface area contributed by atoms with Gasteiger partial charge in [-0.1, -0.05) is 30.3 Å². The standard InChI is InChI=1S/C11H14N2O4S/c14-11(13-7-6-12-18(15,16)9-13)17-8-10-4-2-1-3-5-10/h1-5,12H,6-9H2. The Bertz CT molecular complexity index is 515. The summed E-state index contributed by atoms with van der Waals surface area (Å²) >= 11 is 0. The van der Waals surface area contributed by atoms with Gasteiger partial charge in [-0.2, -0.15) is 0 Å². The van der Waals surface area contributed by atoms with E-state index in [9.17, 15) is 13.2 Å². The summed E-state index contributed by atoms with van der Waals surface area (Å²) in [4.78, 5) is 12.8. The molecule has 1 saturated heterocycles. The maximum absolute atomic E-state index is 11.7. The van der Waals surface area contributed by atoms with Gasteiger partial charge < -0.3 is 4.74 Å². The van der Waals surface area contributed by atoms with Crippen LogP contribution in [0.15, 0.2) is 30.3 Å². The van der Waals surface area contributed by atoms with Gasteiger partial charge in [0, 0.05) is 13.1 Å². The van der Waals surface area contributed by atoms with Crippen molar-refractivity contribution < 1.29 is 17.9 Å². The third-order valence-corrected chi connectivity index (χ3v) is 3.79. The molecule has 1 N–H and O–H groups in total. The highest BCUT2D eigenvalue weighted by Crippen LogP contribution is 2.06. The van der Waals surface area contributed by atoms with Crippen molar-refractivity contribution in [3.63, 3.8) is 0 Å². The molecule has 1 heterocycles. The van der Waals surface area contributed by atoms with Crippen LogP contribution in [-0.2, 0) is 21.4 Å². The minimum Gasteiger partial charge on any atom is -0.445 e. The van der Waals surface area contributed by atoms with Gasteiger partial charge in [-0.15, -0.1) is 0 Å². The number of hydrogen-bond acceptors (Lipinski definition) is 4. The van der Waals surface area contributed by atoms with Crippen molar-refractivity contribution >= 4 is 16.1 Å². The Morgan fingerprint density at radius 1 is 1.33 bits per heavy atom. The first-order valence-corrected chi connectivity index (χ1v) is 7.15. The van der Waals surface area contributed by atoms with Gasteiger partial charge in [0.2, 0.25) is 10.0 Å². The quantitative estimate of drug-likeness (QED) is 0.850. The van der Waals surface area contributed by atoms with Crippen LogP contribution < -0.4 is 4.72 Å². The van der Waals surface area contributed by atoms with Gasteiger partial charge >= 0.3 is 6.09 Å². The molecule has 1 aliphatic heterocycles. The molecule has 0 bridgehead atoms. The van der Waals surface area contributed by atoms with Crippen LogP contribution in [0, 0.1) is 0 Å². The summed E-state index contributed by atoms with van der Waals surface area (Å²) in [6.07, 6.45) is -0.607. The second-order valence-corrected chi connectivity index (χ2v) is 5.72. The molecule has 0 atom stereocenters. The lowest BCUT2D eigenvalue weighted by Gasteiger charge is -2.26. The summed E-state index contributed by atoms with van der Waals surface area (Å²) in [6.45, 7) is 0.694. The zero-order valence-electron chi connectivity index (χ0n) is 9.70. The molecule has 0 spiro atoms. The maximum Gasteiger partial charge on any atom is 0.411 e. The zero-order valence-corrected chi connectivity index (χ0v) is 10.5. The Morgan fingerprint density at radius 2 is 2.06 bits per heavy atom. The van der Waals surface area contributed by atoms with E-state index in [1.54, 1.807) is 0 Å². The van der Waals surface area contributed by atoms with Gasteiger partial charge in [-0.25, -0.2) is 17.9 Å². The Balaban J connectivity index is 1.89. The number of carbonyl (C=O) groups excluding carboxylic acids is 1. The lowest BCUT2D eigenvalue weighted by molar-refractivity contribution is 0.101. The molecular formula is C11H14N2O4S. The van der Waals surface area contributed by atoms with Crippen molar-refractivity contribution in [3.05, 3.63) is 35.9 Å². The van der Waals surface area contributed by atoms with Crippen molar-refractivity contribution in [3.8, 4) is 0 Å². The predicted octanol–water partition coefficient (Wildman–Crippen LogP) is 0.516. The molecule has 0 aliphatic carbocycles. The van der Waals surface area contributed by atoms with E-state index in [0.717, 1.165) is 5.56 Å². The number of rotatable bonds is 2. The summed E-state index contributed by atoms with van der Waals surface area (Å²) in [5.41, 5.74) is 0.865. The number of carbonyl (C=O) groups is 1. The Morgan fingerprint density at radius 3 is 2.72 bits per heavy atom. The fourth-order valence-electron chi connectivity index (χ4n) is 1.61. The highest BCUT2D eigenvalue weighted by molar-refractivity contribution is 7.89. The third kappa shape index (κ3) is 3.44. The number of benzene rings is 1. The summed E-state index contributed by atoms with van der Waals surface area (Å²) < 4.78 is 30.0. The van der Waals surface area contributed by atoms with E-state index in [4.69, 9.17) is 4.74 Å². The van der Waals surface area contributed by atoms with E-state index in [1.807, 2.05) is 30.3 Å². The SMILES string of the molecule is O=C(OCc1ccccc1)N1CCNS(=O)(=O)C1. The highest BCUT2D eigenvalue weighted by Gasteiger charge is 2.26. The van der Waals surface area contributed by atoms with Crippen LogP contribution >= 0.6 is 0 Å². The van der Waals surface area contributed by atoms with Crippen molar-refractivity contribution in [2.24, 2.45) is 0 Å². The van der Waals surface area contributed by atoms with E-state index in [1.165, 1.54) is 4.90 Å². The summed E-state index contributed by atoms with van der Waals surface area (Å²) in [7, 11) is -3.38. The first-order valence-electron chi connectivity index (χ1n) is 5.50. The smallest absolute Gasteiger partial charge is 0.411 e. The van der Waals surface area contributed by atoms with Crippen molar-refractivity contribution in [1.29, 1.82) is 0 Å². The number of ether oxygens (including phenoxy) is 1. The molecule has 0 saturated carbocycles. The molecule has 7 heteroatoms. The van der Waals surface area contributed by atoms with Crippen molar-refractivity contribution in [2.45, 2.75) is 6.61 Å². The fourth-order valence-corrected chi connectivity index (χ4v) is 2.74. The first-order chi connectivity index (χ1) is 8.57. The van der Waals surface area contributed by atoms with Gasteiger partial charge in [0.1, 0.15) is 12.5 Å². The number of sulfonamides is 1. The third-order valence-electron chi connectivity index (χ3n) is 2.49. The first kappa shape index (κ1) is 12.8. The average Bonchev–Trinajstić information content (AvgIpc) is 2.36. The molecule has 2 rings (SSSR count). The minimum absolute atomic E-state index is 0.143. The molecule has 6 nitrogen and oxygen atoms in total. The predicted molar refractivity (Wildman–Crippen MR) is 65.1 cm³/mol. The van der Waals surface area contributed by atoms with E-state index in [-0.39, 0.29) is 19.0 Å². The zero-order chi connectivity index (χ0) is 13.0. The van der Waals surface area contributed by atoms with Crippen LogP contribution in [0.2, 0.25) is 0 Å². The molecule has 1 amide bonds. The topological polar surface area (TPSA) is 75.7 Å². The highest BCUT2D eigenvalue weighted by atomic mass is 32.2. The molecule has 0 unspecified atom stereocenters. The van der Waals surface area contributed by atoms with Crippen LogP contribution in [0.5, 0.6) is 0 Å². The monoisotopic (exact) mass is 270 g/mol. The van der Waals surface area contributed by atoms with E-state index in [0.29, 0.717) is 6.54 Å². The lowest BCUT2D eigenvalue weighted by atomic mass is 10.2. The van der Waals surface area contributed by atoms with E-state index >= 15 is 0 Å². The van der Waals surface area contributed by atoms with Gasteiger partial charge in [0.05, 0.1) is 0 Å². The normalized spacial score (nSPS) is 18.3. The van der Waals surface area contributed by atoms with Crippen molar-refractivity contribution in [2.75, 3.05) is 19.0 Å². The largest absolute Gasteiger partial charge is 0.445 e. The molecule has 1 aromatic carbocycles. The lowest BCUT2D eigenvalue weighted by Crippen LogP contribution is -2.49. The van der Waals surface area contributed by atoms with Crippen LogP contribution in [0.25, 0.3) is 0 Å². The molecule has 1 aromatic rings. The molecule has 0 radical (unpaired) electrons. The molecule has 1 fully saturated rings. The fraction of sp³-hybridized carbons (Fsp3) is 0.364.